The van der Waals surface area contributed by atoms with Gasteiger partial charge in [-0.15, -0.1) is 0 Å². The first-order valence-corrected chi connectivity index (χ1v) is 7.14. The highest BCUT2D eigenvalue weighted by Gasteiger charge is 2.20. The Balaban J connectivity index is 2.70. The molecule has 1 rings (SSSR count). The van der Waals surface area contributed by atoms with Gasteiger partial charge in [0, 0.05) is 11.6 Å². The monoisotopic (exact) mass is 307 g/mol. The zero-order valence-corrected chi connectivity index (χ0v) is 13.8. The second kappa shape index (κ2) is 7.26. The number of esters is 1. The summed E-state index contributed by atoms with van der Waals surface area (Å²) < 4.78 is 5.32. The molecule has 0 amide bonds. The molecule has 6 nitrogen and oxygen atoms in total. The summed E-state index contributed by atoms with van der Waals surface area (Å²) in [5, 5.41) is 11.6. The number of ether oxygens (including phenoxy) is 1. The Labute approximate surface area is 131 Å². The fourth-order valence-electron chi connectivity index (χ4n) is 1.96. The summed E-state index contributed by atoms with van der Waals surface area (Å²) in [4.78, 5) is 13.8. The molecule has 0 heterocycles. The number of hydrogen-bond donors (Lipinski definition) is 2. The number of benzene rings is 1. The lowest BCUT2D eigenvalue weighted by Gasteiger charge is -2.26. The van der Waals surface area contributed by atoms with Crippen LogP contribution in [0.1, 0.15) is 44.9 Å². The summed E-state index contributed by atoms with van der Waals surface area (Å²) in [7, 11) is 1.87. The van der Waals surface area contributed by atoms with E-state index in [-0.39, 0.29) is 24.4 Å². The van der Waals surface area contributed by atoms with Gasteiger partial charge in [0.05, 0.1) is 6.54 Å². The fourth-order valence-corrected chi connectivity index (χ4v) is 1.96. The topological polar surface area (TPSA) is 88.2 Å². The van der Waals surface area contributed by atoms with Crippen LogP contribution in [0.3, 0.4) is 0 Å². The van der Waals surface area contributed by atoms with Gasteiger partial charge in [-0.1, -0.05) is 29.4 Å². The predicted octanol–water partition coefficient (Wildman–Crippen LogP) is 2.12. The number of nitrogens with two attached hydrogens (primary N) is 1. The van der Waals surface area contributed by atoms with Crippen molar-refractivity contribution in [2.75, 3.05) is 13.6 Å². The minimum Gasteiger partial charge on any atom is -0.459 e. The van der Waals surface area contributed by atoms with E-state index in [0.717, 1.165) is 5.56 Å². The maximum absolute atomic E-state index is 11.9. The maximum atomic E-state index is 11.9. The smallest absolute Gasteiger partial charge is 0.320 e. The number of nitrogens with zero attached hydrogens (tertiary/aromatic N) is 2. The molecule has 0 unspecified atom stereocenters. The Hall–Kier alpha value is -2.08. The average Bonchev–Trinajstić information content (AvgIpc) is 2.43. The van der Waals surface area contributed by atoms with Crippen molar-refractivity contribution in [2.45, 2.75) is 39.3 Å². The number of carbonyl (C=O) groups is 1. The number of rotatable bonds is 5. The predicted molar refractivity (Wildman–Crippen MR) is 85.8 cm³/mol. The van der Waals surface area contributed by atoms with Crippen molar-refractivity contribution < 1.29 is 14.7 Å². The van der Waals surface area contributed by atoms with Crippen molar-refractivity contribution in [3.8, 4) is 0 Å². The highest BCUT2D eigenvalue weighted by Crippen LogP contribution is 2.19. The molecule has 0 aliphatic heterocycles. The standard InChI is InChI=1S/C16H25N3O3/c1-11(19(5)10-14(20)22-16(2,3)4)12-6-8-13(9-7-12)15(17)18-21/h6-9,11,21H,10H2,1-5H3,(H2,17,18)/t11-/m1/s1. The molecule has 122 valence electrons. The Morgan fingerprint density at radius 1 is 1.36 bits per heavy atom. The average molecular weight is 307 g/mol. The van der Waals surface area contributed by atoms with E-state index in [1.165, 1.54) is 0 Å². The molecule has 0 aliphatic carbocycles. The van der Waals surface area contributed by atoms with Crippen LogP contribution in [0.4, 0.5) is 0 Å². The summed E-state index contributed by atoms with van der Waals surface area (Å²) >= 11 is 0. The summed E-state index contributed by atoms with van der Waals surface area (Å²) in [6, 6.07) is 7.38. The van der Waals surface area contributed by atoms with Crippen molar-refractivity contribution >= 4 is 11.8 Å². The Kier molecular flexibility index (Phi) is 5.93. The van der Waals surface area contributed by atoms with E-state index in [4.69, 9.17) is 15.7 Å². The van der Waals surface area contributed by atoms with E-state index in [1.807, 2.05) is 51.8 Å². The Bertz CT molecular complexity index is 533. The zero-order chi connectivity index (χ0) is 16.9. The van der Waals surface area contributed by atoms with Crippen molar-refractivity contribution in [1.29, 1.82) is 0 Å². The highest BCUT2D eigenvalue weighted by molar-refractivity contribution is 5.96. The summed E-state index contributed by atoms with van der Waals surface area (Å²) in [5.74, 6) is -0.184. The minimum absolute atomic E-state index is 0.0360. The highest BCUT2D eigenvalue weighted by atomic mass is 16.6. The molecule has 0 spiro atoms. The van der Waals surface area contributed by atoms with Crippen LogP contribution in [0.25, 0.3) is 0 Å². The second-order valence-corrected chi connectivity index (χ2v) is 6.28. The number of likely N-dealkylation sites (N-methyl/N-ethyl adjacent to an activating group) is 1. The molecule has 22 heavy (non-hydrogen) atoms. The lowest BCUT2D eigenvalue weighted by Crippen LogP contribution is -2.34. The van der Waals surface area contributed by atoms with Crippen LogP contribution in [0.5, 0.6) is 0 Å². The third-order valence-corrected chi connectivity index (χ3v) is 3.26. The quantitative estimate of drug-likeness (QED) is 0.286. The van der Waals surface area contributed by atoms with E-state index < -0.39 is 5.60 Å². The molecule has 0 radical (unpaired) electrons. The largest absolute Gasteiger partial charge is 0.459 e. The molecule has 0 aliphatic rings. The fraction of sp³-hybridized carbons (Fsp3) is 0.500. The van der Waals surface area contributed by atoms with Crippen molar-refractivity contribution in [3.63, 3.8) is 0 Å². The first kappa shape index (κ1) is 18.0. The molecule has 0 bridgehead atoms. The molecule has 1 aromatic carbocycles. The van der Waals surface area contributed by atoms with Gasteiger partial charge in [0.1, 0.15) is 5.60 Å². The molecule has 0 saturated carbocycles. The van der Waals surface area contributed by atoms with Crippen LogP contribution < -0.4 is 5.73 Å². The first-order valence-electron chi connectivity index (χ1n) is 7.14. The van der Waals surface area contributed by atoms with E-state index in [2.05, 4.69) is 5.16 Å². The molecule has 0 aromatic heterocycles. The molecule has 1 atom stereocenters. The Morgan fingerprint density at radius 2 is 1.91 bits per heavy atom. The van der Waals surface area contributed by atoms with Crippen LogP contribution in [0, 0.1) is 0 Å². The van der Waals surface area contributed by atoms with Crippen molar-refractivity contribution in [1.82, 2.24) is 4.90 Å². The summed E-state index contributed by atoms with van der Waals surface area (Å²) in [5.41, 5.74) is 6.73. The van der Waals surface area contributed by atoms with Crippen LogP contribution in [0.15, 0.2) is 29.4 Å². The van der Waals surface area contributed by atoms with Gasteiger partial charge in [-0.3, -0.25) is 9.69 Å². The van der Waals surface area contributed by atoms with Gasteiger partial charge < -0.3 is 15.7 Å². The molecule has 0 fully saturated rings. The van der Waals surface area contributed by atoms with E-state index >= 15 is 0 Å². The van der Waals surface area contributed by atoms with Crippen LogP contribution in [-0.4, -0.2) is 41.1 Å². The number of amidine groups is 1. The lowest BCUT2D eigenvalue weighted by atomic mass is 10.0. The molecular formula is C16H25N3O3. The van der Waals surface area contributed by atoms with Crippen molar-refractivity contribution in [3.05, 3.63) is 35.4 Å². The first-order chi connectivity index (χ1) is 10.1. The van der Waals surface area contributed by atoms with Gasteiger partial charge in [0.2, 0.25) is 0 Å². The van der Waals surface area contributed by atoms with Gasteiger partial charge >= 0.3 is 5.97 Å². The normalized spacial score (nSPS) is 14.0. The third kappa shape index (κ3) is 5.37. The number of hydrogen-bond acceptors (Lipinski definition) is 5. The molecule has 3 N–H and O–H groups in total. The van der Waals surface area contributed by atoms with Gasteiger partial charge in [-0.05, 0) is 40.3 Å². The van der Waals surface area contributed by atoms with Gasteiger partial charge in [0.15, 0.2) is 5.84 Å². The van der Waals surface area contributed by atoms with Crippen molar-refractivity contribution in [2.24, 2.45) is 10.9 Å². The van der Waals surface area contributed by atoms with E-state index in [9.17, 15) is 4.79 Å². The van der Waals surface area contributed by atoms with Crippen LogP contribution in [-0.2, 0) is 9.53 Å². The minimum atomic E-state index is -0.482. The summed E-state index contributed by atoms with van der Waals surface area (Å²) in [6.45, 7) is 7.75. The summed E-state index contributed by atoms with van der Waals surface area (Å²) in [6.07, 6.45) is 0. The molecular weight excluding hydrogens is 282 g/mol. The third-order valence-electron chi connectivity index (χ3n) is 3.26. The van der Waals surface area contributed by atoms with E-state index in [0.29, 0.717) is 5.56 Å². The van der Waals surface area contributed by atoms with E-state index in [1.54, 1.807) is 12.1 Å². The number of carbonyl (C=O) groups excluding carboxylic acids is 1. The van der Waals surface area contributed by atoms with Gasteiger partial charge in [-0.2, -0.15) is 0 Å². The van der Waals surface area contributed by atoms with Gasteiger partial charge in [0.25, 0.3) is 0 Å². The Morgan fingerprint density at radius 3 is 2.36 bits per heavy atom. The van der Waals surface area contributed by atoms with Crippen LogP contribution >= 0.6 is 0 Å². The second-order valence-electron chi connectivity index (χ2n) is 6.28. The molecule has 0 saturated heterocycles. The molecule has 1 aromatic rings. The number of oxime groups is 1. The van der Waals surface area contributed by atoms with Gasteiger partial charge in [-0.25, -0.2) is 0 Å². The zero-order valence-electron chi connectivity index (χ0n) is 13.8. The lowest BCUT2D eigenvalue weighted by molar-refractivity contribution is -0.156. The SMILES string of the molecule is C[C@H](c1ccc(C(N)=NO)cc1)N(C)CC(=O)OC(C)(C)C. The van der Waals surface area contributed by atoms with Crippen LogP contribution in [0.2, 0.25) is 0 Å². The molecule has 6 heteroatoms. The maximum Gasteiger partial charge on any atom is 0.320 e.